The summed E-state index contributed by atoms with van der Waals surface area (Å²) in [5, 5.41) is 13.5. The van der Waals surface area contributed by atoms with E-state index in [0.29, 0.717) is 24.2 Å². The molecule has 1 aromatic carbocycles. The summed E-state index contributed by atoms with van der Waals surface area (Å²) in [6.07, 6.45) is 1.20. The Bertz CT molecular complexity index is 1900. The van der Waals surface area contributed by atoms with Crippen molar-refractivity contribution in [1.29, 1.82) is 0 Å². The lowest BCUT2D eigenvalue weighted by Gasteiger charge is -2.35. The van der Waals surface area contributed by atoms with Crippen molar-refractivity contribution in [3.8, 4) is 16.2 Å². The fourth-order valence-corrected chi connectivity index (χ4v) is 9.39. The normalized spacial score (nSPS) is 24.8. The molecule has 2 heterocycles. The van der Waals surface area contributed by atoms with Crippen LogP contribution in [0.1, 0.15) is 77.7 Å². The van der Waals surface area contributed by atoms with Crippen molar-refractivity contribution in [2.45, 2.75) is 114 Å². The first-order valence-electron chi connectivity index (χ1n) is 18.5. The van der Waals surface area contributed by atoms with Crippen molar-refractivity contribution in [3.05, 3.63) is 41.3 Å². The van der Waals surface area contributed by atoms with Gasteiger partial charge in [0.1, 0.15) is 29.5 Å². The third kappa shape index (κ3) is 9.22. The maximum atomic E-state index is 14.4. The first-order chi connectivity index (χ1) is 26.0. The maximum absolute atomic E-state index is 14.4. The Morgan fingerprint density at radius 3 is 2.42 bits per heavy atom. The maximum Gasteiger partial charge on any atom is 0.315 e. The molecule has 4 aliphatic rings. The number of carbonyl (C=O) groups is 4. The van der Waals surface area contributed by atoms with Crippen molar-refractivity contribution < 1.29 is 46.0 Å². The minimum absolute atomic E-state index is 0.0334. The molecule has 5 atom stereocenters. The Kier molecular flexibility index (Phi) is 11.8. The number of ether oxygens (including phenoxy) is 1. The molecule has 1 saturated heterocycles. The molecule has 2 aromatic rings. The number of amides is 5. The number of nitrogens with zero attached hydrogens (tertiary/aromatic N) is 2. The van der Waals surface area contributed by atoms with E-state index in [4.69, 9.17) is 9.57 Å². The van der Waals surface area contributed by atoms with E-state index < -0.39 is 86.9 Å². The Morgan fingerprint density at radius 1 is 1.09 bits per heavy atom. The van der Waals surface area contributed by atoms with E-state index in [0.717, 1.165) is 36.1 Å². The minimum Gasteiger partial charge on any atom is -0.497 e. The number of nitrogens with one attached hydrogen (secondary N) is 4. The lowest BCUT2D eigenvalue weighted by atomic mass is 9.85. The summed E-state index contributed by atoms with van der Waals surface area (Å²) in [6.45, 7) is 5.10. The van der Waals surface area contributed by atoms with Crippen LogP contribution in [0.25, 0.3) is 10.4 Å². The summed E-state index contributed by atoms with van der Waals surface area (Å²) >= 11 is 1.53. The van der Waals surface area contributed by atoms with Crippen LogP contribution in [0.5, 0.6) is 5.75 Å². The highest BCUT2D eigenvalue weighted by molar-refractivity contribution is 7.91. The van der Waals surface area contributed by atoms with Crippen molar-refractivity contribution in [1.82, 2.24) is 25.6 Å². The Hall–Kier alpha value is -4.32. The molecule has 4 fully saturated rings. The molecule has 3 aliphatic carbocycles. The van der Waals surface area contributed by atoms with Crippen LogP contribution >= 0.6 is 11.3 Å². The van der Waals surface area contributed by atoms with E-state index in [9.17, 15) is 36.4 Å². The molecule has 6 rings (SSSR count). The third-order valence-electron chi connectivity index (χ3n) is 10.6. The Balaban J connectivity index is 1.25. The summed E-state index contributed by atoms with van der Waals surface area (Å²) in [6, 6.07) is 6.30. The largest absolute Gasteiger partial charge is 0.497 e. The van der Waals surface area contributed by atoms with Crippen molar-refractivity contribution in [2.24, 2.45) is 16.5 Å². The second-order valence-corrected chi connectivity index (χ2v) is 18.7. The molecule has 300 valence electrons. The van der Waals surface area contributed by atoms with Crippen molar-refractivity contribution in [3.63, 3.8) is 0 Å². The van der Waals surface area contributed by atoms with Crippen LogP contribution in [0, 0.1) is 11.3 Å². The Labute approximate surface area is 323 Å². The minimum atomic E-state index is -4.12. The molecule has 1 aromatic heterocycles. The summed E-state index contributed by atoms with van der Waals surface area (Å²) in [7, 11) is -2.58. The van der Waals surface area contributed by atoms with E-state index in [-0.39, 0.29) is 19.0 Å². The van der Waals surface area contributed by atoms with Crippen LogP contribution in [0.2, 0.25) is 0 Å². The summed E-state index contributed by atoms with van der Waals surface area (Å²) in [4.78, 5) is 63.1. The topological polar surface area (TPSA) is 185 Å². The number of benzene rings is 1. The van der Waals surface area contributed by atoms with Gasteiger partial charge in [-0.3, -0.25) is 19.1 Å². The van der Waals surface area contributed by atoms with Gasteiger partial charge < -0.3 is 30.4 Å². The highest BCUT2D eigenvalue weighted by Crippen LogP contribution is 2.48. The van der Waals surface area contributed by atoms with Gasteiger partial charge in [0.2, 0.25) is 28.3 Å². The number of rotatable bonds is 14. The highest BCUT2D eigenvalue weighted by Gasteiger charge is 2.67. The van der Waals surface area contributed by atoms with Gasteiger partial charge >= 0.3 is 6.03 Å². The third-order valence-corrected chi connectivity index (χ3v) is 13.4. The van der Waals surface area contributed by atoms with Crippen LogP contribution in [0.15, 0.2) is 40.9 Å². The van der Waals surface area contributed by atoms with Gasteiger partial charge in [-0.2, -0.15) is 0 Å². The molecule has 1 aliphatic heterocycles. The molecule has 18 heteroatoms. The van der Waals surface area contributed by atoms with Gasteiger partial charge in [0.25, 0.3) is 5.91 Å². The fraction of sp³-hybridized carbons (Fsp3) is 0.595. The van der Waals surface area contributed by atoms with Gasteiger partial charge in [0.15, 0.2) is 0 Å². The van der Waals surface area contributed by atoms with E-state index >= 15 is 0 Å². The number of hydrogen-bond acceptors (Lipinski definition) is 10. The second kappa shape index (κ2) is 16.0. The zero-order valence-electron chi connectivity index (χ0n) is 31.2. The molecule has 14 nitrogen and oxygen atoms in total. The second-order valence-electron chi connectivity index (χ2n) is 15.8. The first kappa shape index (κ1) is 40.3. The van der Waals surface area contributed by atoms with Crippen molar-refractivity contribution in [2.75, 3.05) is 13.7 Å². The monoisotopic (exact) mass is 806 g/mol. The fourth-order valence-electron chi connectivity index (χ4n) is 7.25. The lowest BCUT2D eigenvalue weighted by Crippen LogP contribution is -2.61. The predicted molar refractivity (Wildman–Crippen MR) is 201 cm³/mol. The molecule has 0 bridgehead atoms. The summed E-state index contributed by atoms with van der Waals surface area (Å²) in [5.74, 6) is -3.88. The quantitative estimate of drug-likeness (QED) is 0.162. The number of hydrogen-bond donors (Lipinski definition) is 4. The molecule has 0 spiro atoms. The number of methoxy groups -OCH3 is 1. The van der Waals surface area contributed by atoms with E-state index in [1.54, 1.807) is 26.8 Å². The van der Waals surface area contributed by atoms with E-state index in [1.807, 2.05) is 34.4 Å². The average molecular weight is 807 g/mol. The number of thiophene rings is 1. The van der Waals surface area contributed by atoms with Crippen LogP contribution < -0.4 is 25.4 Å². The number of oxime groups is 1. The van der Waals surface area contributed by atoms with Gasteiger partial charge in [-0.25, -0.2) is 22.0 Å². The van der Waals surface area contributed by atoms with Gasteiger partial charge in [-0.1, -0.05) is 44.8 Å². The highest BCUT2D eigenvalue weighted by atomic mass is 32.2. The first-order valence-corrected chi connectivity index (χ1v) is 20.9. The average Bonchev–Trinajstić information content (AvgIpc) is 3.89. The van der Waals surface area contributed by atoms with Crippen LogP contribution in [-0.4, -0.2) is 98.4 Å². The standard InChI is InChI=1S/C37H48F2N6O8S2/c1-36(2,3)30(42-35(49)41-22-8-5-6-9-22)33(47)45-20-24(53-40-19-21-16-23(52-4)11-14-26(21)29-10-7-15-54-29)17-28(45)32(46)43-37(18-27(37)31(38)39)34(48)44-55(50,51)25-12-13-25/h7,10-11,14-16,19,22,24-25,27-28,30-31H,5-6,8-9,12-13,17-18,20H2,1-4H3,(H,43,46)(H,44,48)(H2,41,42,49)/b40-19+/t24-,27+,28+,30-,37+/m1/s1. The predicted octanol–water partition coefficient (Wildman–Crippen LogP) is 4.15. The Morgan fingerprint density at radius 2 is 1.82 bits per heavy atom. The molecular weight excluding hydrogens is 759 g/mol. The molecule has 0 radical (unpaired) electrons. The SMILES string of the molecule is COc1ccc(-c2cccs2)c(/C=N/O[C@@H]2C[C@@H](C(=O)N[C@@]3(C(=O)NS(=O)(=O)C4CC4)C[C@H]3C(F)F)N(C(=O)[C@@H](NC(=O)NC3CCCC3)C(C)(C)C)C2)c1. The summed E-state index contributed by atoms with van der Waals surface area (Å²) < 4.78 is 60.7. The number of halogens is 2. The smallest absolute Gasteiger partial charge is 0.315 e. The molecule has 0 unspecified atom stereocenters. The van der Waals surface area contributed by atoms with E-state index in [2.05, 4.69) is 21.1 Å². The number of carbonyl (C=O) groups excluding carboxylic acids is 4. The van der Waals surface area contributed by atoms with Crippen LogP contribution in [0.3, 0.4) is 0 Å². The number of urea groups is 1. The number of alkyl halides is 2. The van der Waals surface area contributed by atoms with Gasteiger partial charge in [-0.05, 0) is 67.2 Å². The molecule has 4 N–H and O–H groups in total. The molecule has 55 heavy (non-hydrogen) atoms. The van der Waals surface area contributed by atoms with E-state index in [1.165, 1.54) is 29.6 Å². The van der Waals surface area contributed by atoms with Crippen molar-refractivity contribution >= 4 is 51.3 Å². The van der Waals surface area contributed by atoms with Gasteiger partial charge in [0, 0.05) is 28.5 Å². The zero-order chi connectivity index (χ0) is 39.7. The van der Waals surface area contributed by atoms with Gasteiger partial charge in [0.05, 0.1) is 31.0 Å². The molecular formula is C37H48F2N6O8S2. The number of likely N-dealkylation sites (tertiary alicyclic amines) is 1. The van der Waals surface area contributed by atoms with Gasteiger partial charge in [-0.15, -0.1) is 11.3 Å². The molecule has 5 amide bonds. The summed E-state index contributed by atoms with van der Waals surface area (Å²) in [5.41, 5.74) is -1.51. The van der Waals surface area contributed by atoms with Crippen LogP contribution in [0.4, 0.5) is 13.6 Å². The number of sulfonamides is 1. The lowest BCUT2D eigenvalue weighted by molar-refractivity contribution is -0.143. The molecule has 3 saturated carbocycles. The zero-order valence-corrected chi connectivity index (χ0v) is 32.8. The van der Waals surface area contributed by atoms with Crippen LogP contribution in [-0.2, 0) is 29.2 Å².